The van der Waals surface area contributed by atoms with E-state index >= 15 is 0 Å². The molecule has 1 aliphatic rings. The first-order valence-electron chi connectivity index (χ1n) is 12.7. The van der Waals surface area contributed by atoms with Gasteiger partial charge in [0.05, 0.1) is 24.2 Å². The Morgan fingerprint density at radius 3 is 2.47 bits per heavy atom. The van der Waals surface area contributed by atoms with Gasteiger partial charge in [0.2, 0.25) is 0 Å². The number of fused-ring (bicyclic) bond motifs is 2. The van der Waals surface area contributed by atoms with E-state index in [2.05, 4.69) is 24.9 Å². The molecule has 5 rings (SSSR count). The number of ether oxygens (including phenoxy) is 2. The molecule has 38 heavy (non-hydrogen) atoms. The number of nitrogens with zero attached hydrogens (tertiary/aromatic N) is 2. The maximum absolute atomic E-state index is 13.7. The molecule has 0 bridgehead atoms. The second-order valence-electron chi connectivity index (χ2n) is 10.2. The highest BCUT2D eigenvalue weighted by Gasteiger charge is 2.25. The Hall–Kier alpha value is -4.26. The van der Waals surface area contributed by atoms with Crippen molar-refractivity contribution < 1.29 is 24.2 Å². The standard InChI is InChI=1S/C31H32N2O5/c1-18-6-10-27-26(12-18)25(15-30(34)35)21(4)33(27)31(36)24-9-8-22(14-20(24)3)37-17-23-16-32(5)28-13-19(2)7-11-29(28)38-23/h6-14,23H,15-17H2,1-5H3,(H,34,35)/t23-/m0/s1. The average molecular weight is 513 g/mol. The van der Waals surface area contributed by atoms with E-state index in [9.17, 15) is 14.7 Å². The number of aliphatic carboxylic acids is 1. The second kappa shape index (κ2) is 9.89. The van der Waals surface area contributed by atoms with Gasteiger partial charge in [-0.3, -0.25) is 14.2 Å². The summed E-state index contributed by atoms with van der Waals surface area (Å²) in [4.78, 5) is 27.4. The van der Waals surface area contributed by atoms with Gasteiger partial charge in [-0.25, -0.2) is 0 Å². The van der Waals surface area contributed by atoms with E-state index < -0.39 is 5.97 Å². The smallest absolute Gasteiger partial charge is 0.307 e. The Morgan fingerprint density at radius 1 is 1.00 bits per heavy atom. The van der Waals surface area contributed by atoms with Gasteiger partial charge in [0, 0.05) is 23.7 Å². The van der Waals surface area contributed by atoms with Crippen LogP contribution in [0.2, 0.25) is 0 Å². The fraction of sp³-hybridized carbons (Fsp3) is 0.290. The SMILES string of the molecule is Cc1ccc2c(c1)N(C)C[C@@H](COc1ccc(C(=O)n3c(C)c(CC(=O)O)c4cc(C)ccc43)c(C)c1)O2. The van der Waals surface area contributed by atoms with Crippen LogP contribution in [-0.4, -0.2) is 47.9 Å². The number of benzene rings is 3. The lowest BCUT2D eigenvalue weighted by atomic mass is 10.1. The van der Waals surface area contributed by atoms with Crippen molar-refractivity contribution in [2.75, 3.05) is 25.1 Å². The number of carboxylic acid groups (broad SMARTS) is 1. The molecule has 4 aromatic rings. The largest absolute Gasteiger partial charge is 0.490 e. The number of hydrogen-bond donors (Lipinski definition) is 1. The van der Waals surface area contributed by atoms with Gasteiger partial charge in [0.15, 0.2) is 0 Å². The molecule has 0 spiro atoms. The number of aromatic nitrogens is 1. The molecular weight excluding hydrogens is 480 g/mol. The zero-order valence-corrected chi connectivity index (χ0v) is 22.4. The van der Waals surface area contributed by atoms with Crippen LogP contribution in [0, 0.1) is 27.7 Å². The van der Waals surface area contributed by atoms with Crippen LogP contribution in [0.5, 0.6) is 11.5 Å². The van der Waals surface area contributed by atoms with Gasteiger partial charge in [0.25, 0.3) is 5.91 Å². The molecular formula is C31H32N2O5. The van der Waals surface area contributed by atoms with Gasteiger partial charge >= 0.3 is 5.97 Å². The summed E-state index contributed by atoms with van der Waals surface area (Å²) in [5.74, 6) is 0.393. The van der Waals surface area contributed by atoms with Gasteiger partial charge in [-0.1, -0.05) is 17.7 Å². The lowest BCUT2D eigenvalue weighted by Crippen LogP contribution is -2.41. The van der Waals surface area contributed by atoms with Crippen LogP contribution in [0.3, 0.4) is 0 Å². The lowest BCUT2D eigenvalue weighted by Gasteiger charge is -2.34. The van der Waals surface area contributed by atoms with Crippen LogP contribution in [0.1, 0.15) is 38.3 Å². The van der Waals surface area contributed by atoms with E-state index in [1.807, 2.05) is 50.2 Å². The Bertz CT molecular complexity index is 1570. The summed E-state index contributed by atoms with van der Waals surface area (Å²) in [6, 6.07) is 17.3. The average Bonchev–Trinajstić information content (AvgIpc) is 3.13. The number of anilines is 1. The normalized spacial score (nSPS) is 14.8. The maximum atomic E-state index is 13.7. The van der Waals surface area contributed by atoms with E-state index in [1.54, 1.807) is 23.6 Å². The van der Waals surface area contributed by atoms with E-state index in [1.165, 1.54) is 5.56 Å². The number of hydrogen-bond acceptors (Lipinski definition) is 5. The molecule has 0 unspecified atom stereocenters. The number of carboxylic acids is 1. The van der Waals surface area contributed by atoms with Crippen molar-refractivity contribution in [1.82, 2.24) is 4.57 Å². The Labute approximate surface area is 222 Å². The molecule has 0 radical (unpaired) electrons. The van der Waals surface area contributed by atoms with E-state index in [0.29, 0.717) is 41.2 Å². The molecule has 1 N–H and O–H groups in total. The topological polar surface area (TPSA) is 81.0 Å². The number of likely N-dealkylation sites (N-methyl/N-ethyl adjacent to an activating group) is 1. The Kier molecular flexibility index (Phi) is 6.61. The minimum absolute atomic E-state index is 0.123. The van der Waals surface area contributed by atoms with Crippen molar-refractivity contribution in [2.45, 2.75) is 40.2 Å². The third-order valence-electron chi connectivity index (χ3n) is 7.18. The molecule has 0 saturated carbocycles. The molecule has 0 amide bonds. The van der Waals surface area contributed by atoms with Crippen LogP contribution in [-0.2, 0) is 11.2 Å². The summed E-state index contributed by atoms with van der Waals surface area (Å²) in [7, 11) is 2.05. The first-order chi connectivity index (χ1) is 18.1. The number of carbonyl (C=O) groups is 2. The van der Waals surface area contributed by atoms with Gasteiger partial charge in [-0.15, -0.1) is 0 Å². The summed E-state index contributed by atoms with van der Waals surface area (Å²) in [5.41, 5.74) is 6.62. The molecule has 3 aromatic carbocycles. The van der Waals surface area contributed by atoms with Crippen LogP contribution in [0.4, 0.5) is 5.69 Å². The van der Waals surface area contributed by atoms with E-state index in [-0.39, 0.29) is 18.4 Å². The van der Waals surface area contributed by atoms with Crippen molar-refractivity contribution >= 4 is 28.5 Å². The highest BCUT2D eigenvalue weighted by atomic mass is 16.5. The fourth-order valence-corrected chi connectivity index (χ4v) is 5.24. The summed E-state index contributed by atoms with van der Waals surface area (Å²) in [6.45, 7) is 8.80. The third-order valence-corrected chi connectivity index (χ3v) is 7.18. The van der Waals surface area contributed by atoms with Gasteiger partial charge in [-0.05, 0) is 86.8 Å². The van der Waals surface area contributed by atoms with E-state index in [4.69, 9.17) is 9.47 Å². The zero-order valence-electron chi connectivity index (χ0n) is 22.4. The molecule has 7 nitrogen and oxygen atoms in total. The van der Waals surface area contributed by atoms with Gasteiger partial charge in [-0.2, -0.15) is 0 Å². The monoisotopic (exact) mass is 512 g/mol. The van der Waals surface area contributed by atoms with Crippen LogP contribution in [0.25, 0.3) is 10.9 Å². The summed E-state index contributed by atoms with van der Waals surface area (Å²) < 4.78 is 13.9. The first-order valence-corrected chi connectivity index (χ1v) is 12.7. The van der Waals surface area contributed by atoms with Crippen molar-refractivity contribution in [2.24, 2.45) is 0 Å². The van der Waals surface area contributed by atoms with Crippen LogP contribution >= 0.6 is 0 Å². The minimum Gasteiger partial charge on any atom is -0.490 e. The summed E-state index contributed by atoms with van der Waals surface area (Å²) in [5, 5.41) is 10.3. The molecule has 196 valence electrons. The Morgan fingerprint density at radius 2 is 1.74 bits per heavy atom. The molecule has 0 aliphatic carbocycles. The van der Waals surface area contributed by atoms with Crippen LogP contribution < -0.4 is 14.4 Å². The Balaban J connectivity index is 1.36. The molecule has 2 heterocycles. The summed E-state index contributed by atoms with van der Waals surface area (Å²) >= 11 is 0. The molecule has 1 aliphatic heterocycles. The van der Waals surface area contributed by atoms with Crippen molar-refractivity contribution in [3.8, 4) is 11.5 Å². The predicted molar refractivity (Wildman–Crippen MR) is 148 cm³/mol. The minimum atomic E-state index is -0.925. The molecule has 0 fully saturated rings. The molecule has 1 atom stereocenters. The van der Waals surface area contributed by atoms with E-state index in [0.717, 1.165) is 28.0 Å². The second-order valence-corrected chi connectivity index (χ2v) is 10.2. The van der Waals surface area contributed by atoms with Crippen LogP contribution in [0.15, 0.2) is 54.6 Å². The van der Waals surface area contributed by atoms with Crippen molar-refractivity contribution in [3.63, 3.8) is 0 Å². The molecule has 7 heteroatoms. The fourth-order valence-electron chi connectivity index (χ4n) is 5.24. The lowest BCUT2D eigenvalue weighted by molar-refractivity contribution is -0.136. The predicted octanol–water partition coefficient (Wildman–Crippen LogP) is 5.47. The summed E-state index contributed by atoms with van der Waals surface area (Å²) in [6.07, 6.45) is -0.262. The van der Waals surface area contributed by atoms with Crippen molar-refractivity contribution in [3.05, 3.63) is 88.1 Å². The molecule has 1 aromatic heterocycles. The third kappa shape index (κ3) is 4.72. The van der Waals surface area contributed by atoms with Gasteiger partial charge < -0.3 is 19.5 Å². The maximum Gasteiger partial charge on any atom is 0.307 e. The quantitative estimate of drug-likeness (QED) is 0.369. The number of aryl methyl sites for hydroxylation is 3. The highest BCUT2D eigenvalue weighted by Crippen LogP contribution is 2.34. The highest BCUT2D eigenvalue weighted by molar-refractivity contribution is 6.05. The first kappa shape index (κ1) is 25.4. The zero-order chi connectivity index (χ0) is 27.1. The number of carbonyl (C=O) groups excluding carboxylic acids is 1. The van der Waals surface area contributed by atoms with Crippen molar-refractivity contribution in [1.29, 1.82) is 0 Å². The van der Waals surface area contributed by atoms with Gasteiger partial charge in [0.1, 0.15) is 24.2 Å². The number of rotatable bonds is 6. The molecule has 0 saturated heterocycles.